The highest BCUT2D eigenvalue weighted by atomic mass is 35.5. The molecule has 1 rings (SSSR count). The predicted molar refractivity (Wildman–Crippen MR) is 70.3 cm³/mol. The summed E-state index contributed by atoms with van der Waals surface area (Å²) in [4.78, 5) is 38.6. The highest BCUT2D eigenvalue weighted by Crippen LogP contribution is 2.25. The van der Waals surface area contributed by atoms with Gasteiger partial charge < -0.3 is 0 Å². The quantitative estimate of drug-likeness (QED) is 0.577. The van der Waals surface area contributed by atoms with Crippen LogP contribution in [0.4, 0.5) is 0 Å². The van der Waals surface area contributed by atoms with Crippen molar-refractivity contribution in [3.63, 3.8) is 0 Å². The number of aromatic nitrogens is 3. The third-order valence-corrected chi connectivity index (χ3v) is 3.12. The molecule has 0 atom stereocenters. The number of hydrogen-bond acceptors (Lipinski definition) is 3. The molecule has 0 saturated carbocycles. The second-order valence-electron chi connectivity index (χ2n) is 3.87. The van der Waals surface area contributed by atoms with E-state index in [0.717, 1.165) is 4.57 Å². The number of nitrogens with one attached hydrogen (secondary N) is 2. The van der Waals surface area contributed by atoms with Gasteiger partial charge in [0, 0.05) is 5.88 Å². The SMILES string of the molecule is C=CCC(CCl)(CC=C)n1c(=O)[nH]c(=O)[nH]c1=O. The lowest BCUT2D eigenvalue weighted by Crippen LogP contribution is -2.54. The summed E-state index contributed by atoms with van der Waals surface area (Å²) in [6, 6.07) is 0. The largest absolute Gasteiger partial charge is 0.334 e. The first-order chi connectivity index (χ1) is 8.50. The fraction of sp³-hybridized carbons (Fsp3) is 0.364. The van der Waals surface area contributed by atoms with Gasteiger partial charge in [0.15, 0.2) is 0 Å². The Morgan fingerprint density at radius 2 is 1.56 bits per heavy atom. The molecule has 98 valence electrons. The van der Waals surface area contributed by atoms with Crippen LogP contribution in [0.15, 0.2) is 39.7 Å². The fourth-order valence-corrected chi connectivity index (χ4v) is 2.17. The van der Waals surface area contributed by atoms with Gasteiger partial charge in [0.25, 0.3) is 0 Å². The fourth-order valence-electron chi connectivity index (χ4n) is 1.83. The third-order valence-electron chi connectivity index (χ3n) is 2.62. The van der Waals surface area contributed by atoms with Crippen molar-refractivity contribution in [1.82, 2.24) is 14.5 Å². The van der Waals surface area contributed by atoms with Crippen LogP contribution in [0.5, 0.6) is 0 Å². The monoisotopic (exact) mass is 271 g/mol. The van der Waals surface area contributed by atoms with Gasteiger partial charge in [-0.3, -0.25) is 9.97 Å². The minimum absolute atomic E-state index is 0.0140. The van der Waals surface area contributed by atoms with Gasteiger partial charge in [-0.25, -0.2) is 19.0 Å². The van der Waals surface area contributed by atoms with E-state index in [2.05, 4.69) is 13.2 Å². The Kier molecular flexibility index (Phi) is 4.49. The predicted octanol–water partition coefficient (Wildman–Crippen LogP) is 0.311. The van der Waals surface area contributed by atoms with Crippen molar-refractivity contribution in [2.24, 2.45) is 0 Å². The Bertz CT molecular complexity index is 567. The minimum atomic E-state index is -0.972. The lowest BCUT2D eigenvalue weighted by molar-refractivity contribution is 0.300. The van der Waals surface area contributed by atoms with Crippen molar-refractivity contribution < 1.29 is 0 Å². The molecule has 2 N–H and O–H groups in total. The Balaban J connectivity index is 3.61. The number of alkyl halides is 1. The highest BCUT2D eigenvalue weighted by molar-refractivity contribution is 6.18. The van der Waals surface area contributed by atoms with Gasteiger partial charge in [-0.2, -0.15) is 0 Å². The van der Waals surface area contributed by atoms with E-state index in [1.54, 1.807) is 12.2 Å². The van der Waals surface area contributed by atoms with Gasteiger partial charge in [-0.05, 0) is 12.8 Å². The van der Waals surface area contributed by atoms with Gasteiger partial charge in [-0.15, -0.1) is 24.8 Å². The molecule has 0 aliphatic heterocycles. The van der Waals surface area contributed by atoms with Crippen LogP contribution in [0.25, 0.3) is 0 Å². The van der Waals surface area contributed by atoms with Gasteiger partial charge >= 0.3 is 17.1 Å². The van der Waals surface area contributed by atoms with E-state index in [-0.39, 0.29) is 5.88 Å². The summed E-state index contributed by atoms with van der Waals surface area (Å²) in [6.45, 7) is 7.17. The van der Waals surface area contributed by atoms with Gasteiger partial charge in [0.2, 0.25) is 0 Å². The molecule has 0 saturated heterocycles. The van der Waals surface area contributed by atoms with Crippen LogP contribution in [0.3, 0.4) is 0 Å². The highest BCUT2D eigenvalue weighted by Gasteiger charge is 2.32. The molecular formula is C11H14ClN3O3. The van der Waals surface area contributed by atoms with E-state index in [1.165, 1.54) is 0 Å². The van der Waals surface area contributed by atoms with Crippen molar-refractivity contribution in [3.05, 3.63) is 56.8 Å². The molecule has 0 radical (unpaired) electrons. The van der Waals surface area contributed by atoms with Crippen molar-refractivity contribution in [1.29, 1.82) is 0 Å². The number of allylic oxidation sites excluding steroid dienone is 2. The first kappa shape index (κ1) is 14.2. The molecular weight excluding hydrogens is 258 g/mol. The molecule has 1 heterocycles. The van der Waals surface area contributed by atoms with Crippen molar-refractivity contribution in [3.8, 4) is 0 Å². The average molecular weight is 272 g/mol. The van der Waals surface area contributed by atoms with E-state index in [0.29, 0.717) is 12.8 Å². The average Bonchev–Trinajstić information content (AvgIpc) is 2.27. The summed E-state index contributed by atoms with van der Waals surface area (Å²) in [5, 5.41) is 0. The second-order valence-corrected chi connectivity index (χ2v) is 4.14. The van der Waals surface area contributed by atoms with Crippen LogP contribution < -0.4 is 17.1 Å². The van der Waals surface area contributed by atoms with Crippen LogP contribution in [-0.4, -0.2) is 20.4 Å². The zero-order valence-corrected chi connectivity index (χ0v) is 10.5. The molecule has 0 spiro atoms. The molecule has 1 aromatic heterocycles. The number of aromatic amines is 2. The maximum Gasteiger partial charge on any atom is 0.334 e. The lowest BCUT2D eigenvalue weighted by atomic mass is 9.93. The summed E-state index contributed by atoms with van der Waals surface area (Å²) in [7, 11) is 0. The molecule has 7 heteroatoms. The van der Waals surface area contributed by atoms with Crippen molar-refractivity contribution in [2.75, 3.05) is 5.88 Å². The topological polar surface area (TPSA) is 87.7 Å². The number of hydrogen-bond donors (Lipinski definition) is 2. The molecule has 18 heavy (non-hydrogen) atoms. The molecule has 0 aliphatic carbocycles. The molecule has 0 bridgehead atoms. The molecule has 0 fully saturated rings. The van der Waals surface area contributed by atoms with Crippen molar-refractivity contribution in [2.45, 2.75) is 18.4 Å². The van der Waals surface area contributed by atoms with Gasteiger partial charge in [0.1, 0.15) is 0 Å². The van der Waals surface area contributed by atoms with E-state index in [1.807, 2.05) is 9.97 Å². The standard InChI is InChI=1S/C11H14ClN3O3/c1-3-5-11(7-12,6-4-2)15-9(17)13-8(16)14-10(15)18/h3-4H,1-2,5-7H2,(H2,13,14,16,17,18). The molecule has 6 nitrogen and oxygen atoms in total. The number of H-pyrrole nitrogens is 2. The van der Waals surface area contributed by atoms with E-state index in [9.17, 15) is 14.4 Å². The van der Waals surface area contributed by atoms with E-state index >= 15 is 0 Å². The zero-order valence-electron chi connectivity index (χ0n) is 9.74. The maximum absolute atomic E-state index is 11.8. The van der Waals surface area contributed by atoms with Crippen LogP contribution in [0.1, 0.15) is 12.8 Å². The Hall–Kier alpha value is -1.82. The molecule has 0 unspecified atom stereocenters. The number of halogens is 1. The van der Waals surface area contributed by atoms with Crippen LogP contribution in [0, 0.1) is 0 Å². The van der Waals surface area contributed by atoms with E-state index < -0.39 is 22.6 Å². The van der Waals surface area contributed by atoms with Crippen molar-refractivity contribution >= 4 is 11.6 Å². The minimum Gasteiger partial charge on any atom is -0.259 e. The number of rotatable bonds is 6. The zero-order chi connectivity index (χ0) is 13.8. The van der Waals surface area contributed by atoms with Crippen LogP contribution in [-0.2, 0) is 5.54 Å². The summed E-state index contributed by atoms with van der Waals surface area (Å²) < 4.78 is 0.908. The summed E-state index contributed by atoms with van der Waals surface area (Å²) in [6.07, 6.45) is 3.72. The summed E-state index contributed by atoms with van der Waals surface area (Å²) in [5.74, 6) is 0.0140. The molecule has 0 aliphatic rings. The Labute approximate surface area is 108 Å². The van der Waals surface area contributed by atoms with Gasteiger partial charge in [0.05, 0.1) is 5.54 Å². The smallest absolute Gasteiger partial charge is 0.259 e. The second kappa shape index (κ2) is 5.68. The summed E-state index contributed by atoms with van der Waals surface area (Å²) in [5.41, 5.74) is -3.41. The molecule has 1 aromatic rings. The normalized spacial score (nSPS) is 11.2. The molecule has 0 aromatic carbocycles. The Morgan fingerprint density at radius 3 is 1.89 bits per heavy atom. The summed E-state index contributed by atoms with van der Waals surface area (Å²) >= 11 is 5.90. The Morgan fingerprint density at radius 1 is 1.11 bits per heavy atom. The number of nitrogens with zero attached hydrogens (tertiary/aromatic N) is 1. The van der Waals surface area contributed by atoms with E-state index in [4.69, 9.17) is 11.6 Å². The first-order valence-corrected chi connectivity index (χ1v) is 5.78. The van der Waals surface area contributed by atoms with Gasteiger partial charge in [-0.1, -0.05) is 12.2 Å². The lowest BCUT2D eigenvalue weighted by Gasteiger charge is -2.30. The first-order valence-electron chi connectivity index (χ1n) is 5.24. The van der Waals surface area contributed by atoms with Crippen LogP contribution >= 0.6 is 11.6 Å². The molecule has 0 amide bonds. The maximum atomic E-state index is 11.8. The van der Waals surface area contributed by atoms with Crippen LogP contribution in [0.2, 0.25) is 0 Å². The third kappa shape index (κ3) is 2.53.